The number of aromatic nitrogens is 2. The zero-order chi connectivity index (χ0) is 23.6. The summed E-state index contributed by atoms with van der Waals surface area (Å²) in [6.07, 6.45) is -6.84. The quantitative estimate of drug-likeness (QED) is 0.154. The highest BCUT2D eigenvalue weighted by Crippen LogP contribution is 2.40. The van der Waals surface area contributed by atoms with E-state index in [-0.39, 0.29) is 0 Å². The zero-order valence-corrected chi connectivity index (χ0v) is 17.5. The number of hydrogen-bond acceptors (Lipinski definition) is 9. The number of nitrogens with one attached hydrogen (secondary N) is 2. The maximum absolute atomic E-state index is 12.1. The number of amides is 1. The van der Waals surface area contributed by atoms with Crippen molar-refractivity contribution in [1.82, 2.24) is 19.8 Å². The number of carbonyl (C=O) groups excluding carboxylic acids is 1. The molecule has 31 heavy (non-hydrogen) atoms. The monoisotopic (exact) mass is 488 g/mol. The van der Waals surface area contributed by atoms with Crippen molar-refractivity contribution >= 4 is 21.1 Å². The Morgan fingerprint density at radius 3 is 2.23 bits per heavy atom. The summed E-state index contributed by atoms with van der Waals surface area (Å²) in [7, 11) is -9.45. The van der Waals surface area contributed by atoms with Gasteiger partial charge in [-0.2, -0.15) is 0 Å². The van der Waals surface area contributed by atoms with Crippen LogP contribution >= 0.6 is 15.2 Å². The standard InChI is InChI=1S/C13H22N4O12P2/c18-8-1-2-17(13(22)15-8)12-11(21)10(20)7(29-12)3-14-9(19)4-16(5-30(23,24)25)6-31(26,27)28/h1-2,7,10-12,20-21H,3-6H2,(H,14,19)(H,15,18,22)(H2,23,24,25)(H2,26,27,28)/t7-,10-,11-,12-/m1/s1. The lowest BCUT2D eigenvalue weighted by Gasteiger charge is -2.23. The van der Waals surface area contributed by atoms with E-state index in [9.17, 15) is 33.7 Å². The summed E-state index contributed by atoms with van der Waals surface area (Å²) >= 11 is 0. The van der Waals surface area contributed by atoms with Crippen molar-refractivity contribution in [2.75, 3.05) is 25.7 Å². The van der Waals surface area contributed by atoms with Crippen LogP contribution in [-0.2, 0) is 18.7 Å². The number of nitrogens with zero attached hydrogens (tertiary/aromatic N) is 2. The molecule has 0 bridgehead atoms. The molecule has 1 aliphatic heterocycles. The minimum atomic E-state index is -4.73. The second kappa shape index (κ2) is 9.83. The van der Waals surface area contributed by atoms with Crippen LogP contribution in [0.3, 0.4) is 0 Å². The minimum Gasteiger partial charge on any atom is -0.387 e. The van der Waals surface area contributed by atoms with Gasteiger partial charge in [0, 0.05) is 18.8 Å². The number of hydrogen-bond donors (Lipinski definition) is 8. The molecule has 0 unspecified atom stereocenters. The summed E-state index contributed by atoms with van der Waals surface area (Å²) in [6.45, 7) is -1.20. The van der Waals surface area contributed by atoms with Gasteiger partial charge < -0.3 is 39.8 Å². The number of aliphatic hydroxyl groups excluding tert-OH is 2. The third kappa shape index (κ3) is 7.73. The van der Waals surface area contributed by atoms with E-state index in [1.807, 2.05) is 4.98 Å². The summed E-state index contributed by atoms with van der Waals surface area (Å²) in [4.78, 5) is 73.5. The predicted molar refractivity (Wildman–Crippen MR) is 101 cm³/mol. The van der Waals surface area contributed by atoms with Crippen LogP contribution in [0.5, 0.6) is 0 Å². The Hall–Kier alpha value is -1.71. The SMILES string of the molecule is O=C(CN(CP(=O)(O)O)CP(=O)(O)O)NC[C@H]1O[C@@H](n2ccc(=O)[nH]c2=O)[C@H](O)[C@@H]1O. The predicted octanol–water partition coefficient (Wildman–Crippen LogP) is -4.16. The first-order valence-corrected chi connectivity index (χ1v) is 12.2. The van der Waals surface area contributed by atoms with Gasteiger partial charge in [-0.15, -0.1) is 0 Å². The molecule has 2 rings (SSSR count). The van der Waals surface area contributed by atoms with Gasteiger partial charge in [0.15, 0.2) is 6.23 Å². The van der Waals surface area contributed by atoms with E-state index in [0.29, 0.717) is 4.90 Å². The van der Waals surface area contributed by atoms with E-state index >= 15 is 0 Å². The maximum Gasteiger partial charge on any atom is 0.339 e. The molecule has 176 valence electrons. The first kappa shape index (κ1) is 25.5. The lowest BCUT2D eigenvalue weighted by molar-refractivity contribution is -0.123. The van der Waals surface area contributed by atoms with Gasteiger partial charge in [0.1, 0.15) is 30.9 Å². The molecular weight excluding hydrogens is 466 g/mol. The maximum atomic E-state index is 12.1. The molecule has 1 aromatic heterocycles. The van der Waals surface area contributed by atoms with Gasteiger partial charge >= 0.3 is 20.9 Å². The van der Waals surface area contributed by atoms with Gasteiger partial charge in [-0.1, -0.05) is 0 Å². The molecule has 0 radical (unpaired) electrons. The zero-order valence-electron chi connectivity index (χ0n) is 15.7. The Morgan fingerprint density at radius 2 is 1.71 bits per heavy atom. The Labute approximate surface area is 173 Å². The van der Waals surface area contributed by atoms with Crippen LogP contribution in [-0.4, -0.2) is 94.1 Å². The van der Waals surface area contributed by atoms with Crippen LogP contribution in [0.4, 0.5) is 0 Å². The third-order valence-corrected chi connectivity index (χ3v) is 5.64. The Bertz CT molecular complexity index is 975. The normalized spacial score (nSPS) is 24.5. The van der Waals surface area contributed by atoms with Crippen LogP contribution in [0, 0.1) is 0 Å². The van der Waals surface area contributed by atoms with Gasteiger partial charge in [-0.25, -0.2) is 4.79 Å². The summed E-state index contributed by atoms with van der Waals surface area (Å²) in [6, 6.07) is 0.996. The minimum absolute atomic E-state index is 0.411. The molecule has 0 saturated carbocycles. The highest BCUT2D eigenvalue weighted by atomic mass is 31.2. The molecule has 16 nitrogen and oxygen atoms in total. The van der Waals surface area contributed by atoms with Crippen molar-refractivity contribution in [1.29, 1.82) is 0 Å². The van der Waals surface area contributed by atoms with Gasteiger partial charge in [0.2, 0.25) is 5.91 Å². The highest BCUT2D eigenvalue weighted by molar-refractivity contribution is 7.52. The van der Waals surface area contributed by atoms with Crippen LogP contribution in [0.25, 0.3) is 0 Å². The van der Waals surface area contributed by atoms with Crippen molar-refractivity contribution < 1.29 is 48.4 Å². The molecule has 1 amide bonds. The fraction of sp³-hybridized carbons (Fsp3) is 0.615. The van der Waals surface area contributed by atoms with Crippen molar-refractivity contribution in [2.24, 2.45) is 0 Å². The molecule has 8 N–H and O–H groups in total. The second-order valence-electron chi connectivity index (χ2n) is 6.81. The molecule has 1 fully saturated rings. The summed E-state index contributed by atoms with van der Waals surface area (Å²) in [5, 5.41) is 22.5. The fourth-order valence-electron chi connectivity index (χ4n) is 2.89. The van der Waals surface area contributed by atoms with E-state index in [0.717, 1.165) is 16.8 Å². The topological polar surface area (TPSA) is 252 Å². The average Bonchev–Trinajstić information content (AvgIpc) is 2.85. The number of rotatable bonds is 9. The van der Waals surface area contributed by atoms with Crippen LogP contribution in [0.15, 0.2) is 21.9 Å². The molecule has 4 atom stereocenters. The molecule has 1 aliphatic rings. The number of carbonyl (C=O) groups is 1. The second-order valence-corrected chi connectivity index (χ2v) is 10.0. The Balaban J connectivity index is 2.00. The van der Waals surface area contributed by atoms with E-state index in [4.69, 9.17) is 24.3 Å². The molecule has 18 heteroatoms. The summed E-state index contributed by atoms with van der Waals surface area (Å²) in [5.74, 6) is -0.906. The van der Waals surface area contributed by atoms with Crippen molar-refractivity contribution in [3.05, 3.63) is 33.1 Å². The third-order valence-electron chi connectivity index (χ3n) is 4.10. The van der Waals surface area contributed by atoms with Gasteiger partial charge in [0.25, 0.3) is 5.56 Å². The van der Waals surface area contributed by atoms with E-state index in [1.54, 1.807) is 0 Å². The summed E-state index contributed by atoms with van der Waals surface area (Å²) in [5.41, 5.74) is -1.59. The molecular formula is C13H22N4O12P2. The van der Waals surface area contributed by atoms with Crippen molar-refractivity contribution in [2.45, 2.75) is 24.5 Å². The molecule has 0 aliphatic carbocycles. The number of H-pyrrole nitrogens is 1. The summed E-state index contributed by atoms with van der Waals surface area (Å²) < 4.78 is 28.4. The number of ether oxygens (including phenoxy) is 1. The highest BCUT2D eigenvalue weighted by Gasteiger charge is 2.44. The number of aliphatic hydroxyl groups is 2. The Morgan fingerprint density at radius 1 is 1.13 bits per heavy atom. The molecule has 2 heterocycles. The van der Waals surface area contributed by atoms with Crippen LogP contribution < -0.4 is 16.6 Å². The average molecular weight is 488 g/mol. The molecule has 0 spiro atoms. The smallest absolute Gasteiger partial charge is 0.339 e. The first-order chi connectivity index (χ1) is 14.2. The van der Waals surface area contributed by atoms with Crippen LogP contribution in [0.2, 0.25) is 0 Å². The molecule has 0 aromatic carbocycles. The molecule has 1 saturated heterocycles. The Kier molecular flexibility index (Phi) is 8.10. The lowest BCUT2D eigenvalue weighted by atomic mass is 10.1. The fourth-order valence-corrected chi connectivity index (χ4v) is 4.49. The van der Waals surface area contributed by atoms with Gasteiger partial charge in [-0.05, 0) is 0 Å². The molecule has 1 aromatic rings. The number of aromatic amines is 1. The largest absolute Gasteiger partial charge is 0.387 e. The first-order valence-electron chi connectivity index (χ1n) is 8.57. The van der Waals surface area contributed by atoms with E-state index in [1.165, 1.54) is 0 Å². The van der Waals surface area contributed by atoms with Crippen molar-refractivity contribution in [3.63, 3.8) is 0 Å². The van der Waals surface area contributed by atoms with Crippen LogP contribution in [0.1, 0.15) is 6.23 Å². The lowest BCUT2D eigenvalue weighted by Crippen LogP contribution is -2.44. The van der Waals surface area contributed by atoms with Crippen molar-refractivity contribution in [3.8, 4) is 0 Å². The van der Waals surface area contributed by atoms with E-state index < -0.39 is 82.5 Å². The van der Waals surface area contributed by atoms with Gasteiger partial charge in [0.05, 0.1) is 6.54 Å². The van der Waals surface area contributed by atoms with Gasteiger partial charge in [-0.3, -0.25) is 33.2 Å². The van der Waals surface area contributed by atoms with E-state index in [2.05, 4.69) is 5.32 Å².